The highest BCUT2D eigenvalue weighted by molar-refractivity contribution is 6.00. The van der Waals surface area contributed by atoms with E-state index in [0.29, 0.717) is 23.6 Å². The summed E-state index contributed by atoms with van der Waals surface area (Å²) in [6.07, 6.45) is 10.9. The predicted molar refractivity (Wildman–Crippen MR) is 147 cm³/mol. The lowest BCUT2D eigenvalue weighted by molar-refractivity contribution is 0.237. The number of likely N-dealkylation sites (tertiary alicyclic amines) is 1. The number of aromatic amines is 2. The Labute approximate surface area is 223 Å². The van der Waals surface area contributed by atoms with Crippen LogP contribution in [0.4, 0.5) is 4.39 Å². The fraction of sp³-hybridized carbons (Fsp3) is 0.207. The van der Waals surface area contributed by atoms with Crippen LogP contribution < -0.4 is 4.74 Å². The van der Waals surface area contributed by atoms with E-state index >= 15 is 0 Å². The first-order chi connectivity index (χ1) is 19.2. The molecule has 1 saturated heterocycles. The number of hydrogen-bond acceptors (Lipinski definition) is 7. The molecule has 0 saturated carbocycles. The predicted octanol–water partition coefficient (Wildman–Crippen LogP) is 5.24. The molecule has 0 atom stereocenters. The maximum atomic E-state index is 14.7. The van der Waals surface area contributed by atoms with Crippen molar-refractivity contribution in [1.29, 1.82) is 0 Å². The van der Waals surface area contributed by atoms with Crippen molar-refractivity contribution in [3.05, 3.63) is 73.3 Å². The van der Waals surface area contributed by atoms with Crippen molar-refractivity contribution in [3.8, 4) is 39.5 Å². The van der Waals surface area contributed by atoms with Gasteiger partial charge in [0.1, 0.15) is 35.7 Å². The summed E-state index contributed by atoms with van der Waals surface area (Å²) in [6.45, 7) is 3.57. The molecule has 9 nitrogen and oxygen atoms in total. The van der Waals surface area contributed by atoms with E-state index in [0.717, 1.165) is 64.1 Å². The maximum absolute atomic E-state index is 14.7. The van der Waals surface area contributed by atoms with E-state index in [2.05, 4.69) is 35.0 Å². The zero-order chi connectivity index (χ0) is 26.2. The van der Waals surface area contributed by atoms with E-state index in [1.807, 2.05) is 24.3 Å². The van der Waals surface area contributed by atoms with Crippen LogP contribution in [0.15, 0.2) is 67.5 Å². The molecule has 1 aromatic carbocycles. The van der Waals surface area contributed by atoms with Crippen LogP contribution in [-0.2, 0) is 0 Å². The highest BCUT2D eigenvalue weighted by Gasteiger charge is 2.17. The van der Waals surface area contributed by atoms with Gasteiger partial charge < -0.3 is 9.72 Å². The average molecular weight is 521 g/mol. The second kappa shape index (κ2) is 9.88. The molecule has 0 spiro atoms. The van der Waals surface area contributed by atoms with Crippen molar-refractivity contribution >= 4 is 21.9 Å². The molecule has 1 fully saturated rings. The summed E-state index contributed by atoms with van der Waals surface area (Å²) >= 11 is 0. The van der Waals surface area contributed by atoms with E-state index in [-0.39, 0.29) is 5.82 Å². The first-order valence-electron chi connectivity index (χ1n) is 12.9. The van der Waals surface area contributed by atoms with E-state index in [9.17, 15) is 4.39 Å². The molecular weight excluding hydrogens is 495 g/mol. The minimum absolute atomic E-state index is 0.351. The quantitative estimate of drug-likeness (QED) is 0.296. The van der Waals surface area contributed by atoms with Crippen molar-refractivity contribution < 1.29 is 9.13 Å². The van der Waals surface area contributed by atoms with Crippen LogP contribution in [0.2, 0.25) is 0 Å². The number of pyridine rings is 2. The third kappa shape index (κ3) is 4.59. The number of nitrogens with one attached hydrogen (secondary N) is 2. The Morgan fingerprint density at radius 3 is 2.64 bits per heavy atom. The van der Waals surface area contributed by atoms with Gasteiger partial charge in [-0.15, -0.1) is 0 Å². The second-order valence-corrected chi connectivity index (χ2v) is 9.70. The summed E-state index contributed by atoms with van der Waals surface area (Å²) in [5.41, 5.74) is 6.86. The normalized spacial score (nSPS) is 14.0. The molecule has 0 bridgehead atoms. The van der Waals surface area contributed by atoms with Crippen molar-refractivity contribution in [2.24, 2.45) is 0 Å². The number of benzene rings is 1. The van der Waals surface area contributed by atoms with E-state index in [1.54, 1.807) is 24.8 Å². The fourth-order valence-corrected chi connectivity index (χ4v) is 5.19. The Morgan fingerprint density at radius 2 is 1.77 bits per heavy atom. The molecule has 1 aliphatic rings. The van der Waals surface area contributed by atoms with Crippen LogP contribution in [0.3, 0.4) is 0 Å². The van der Waals surface area contributed by atoms with Crippen molar-refractivity contribution in [2.75, 3.05) is 26.2 Å². The van der Waals surface area contributed by atoms with Crippen LogP contribution in [0.5, 0.6) is 5.75 Å². The van der Waals surface area contributed by atoms with E-state index in [1.165, 1.54) is 31.3 Å². The lowest BCUT2D eigenvalue weighted by Crippen LogP contribution is -2.25. The number of halogens is 1. The number of nitrogens with zero attached hydrogens (tertiary/aromatic N) is 6. The van der Waals surface area contributed by atoms with Crippen LogP contribution in [0.1, 0.15) is 12.8 Å². The Bertz CT molecular complexity index is 1780. The topological polar surface area (TPSA) is 108 Å². The Kier molecular flexibility index (Phi) is 5.93. The van der Waals surface area contributed by atoms with Gasteiger partial charge in [-0.25, -0.2) is 19.3 Å². The number of ether oxygens (including phenoxy) is 1. The Hall–Kier alpha value is -4.70. The smallest absolute Gasteiger partial charge is 0.135 e. The SMILES string of the molecule is Fc1cc(OCCN2CCCC2)cc(-c2cncc3[nH]c(-c4n[nH]c5ccc(-c6cncnc6)nc45)cc23)c1. The summed E-state index contributed by atoms with van der Waals surface area (Å²) in [5, 5.41) is 8.50. The zero-order valence-corrected chi connectivity index (χ0v) is 21.1. The van der Waals surface area contributed by atoms with Gasteiger partial charge in [0.2, 0.25) is 0 Å². The van der Waals surface area contributed by atoms with Gasteiger partial charge in [0.15, 0.2) is 0 Å². The molecule has 6 aromatic rings. The van der Waals surface area contributed by atoms with Crippen LogP contribution in [0.25, 0.3) is 55.7 Å². The summed E-state index contributed by atoms with van der Waals surface area (Å²) in [5.74, 6) is 0.160. The van der Waals surface area contributed by atoms with Gasteiger partial charge in [0, 0.05) is 47.7 Å². The summed E-state index contributed by atoms with van der Waals surface area (Å²) < 4.78 is 20.6. The molecule has 194 valence electrons. The maximum Gasteiger partial charge on any atom is 0.135 e. The molecule has 10 heteroatoms. The highest BCUT2D eigenvalue weighted by atomic mass is 19.1. The second-order valence-electron chi connectivity index (χ2n) is 9.70. The van der Waals surface area contributed by atoms with E-state index < -0.39 is 0 Å². The molecule has 0 amide bonds. The molecular formula is C29H25FN8O. The molecule has 5 aromatic heterocycles. The third-order valence-electron chi connectivity index (χ3n) is 7.12. The van der Waals surface area contributed by atoms with Gasteiger partial charge in [-0.05, 0) is 61.8 Å². The minimum atomic E-state index is -0.351. The van der Waals surface area contributed by atoms with Crippen molar-refractivity contribution in [3.63, 3.8) is 0 Å². The van der Waals surface area contributed by atoms with Crippen molar-refractivity contribution in [1.82, 2.24) is 40.0 Å². The lowest BCUT2D eigenvalue weighted by Gasteiger charge is -2.15. The molecule has 0 radical (unpaired) electrons. The van der Waals surface area contributed by atoms with Crippen LogP contribution in [0, 0.1) is 5.82 Å². The van der Waals surface area contributed by atoms with Crippen LogP contribution >= 0.6 is 0 Å². The number of fused-ring (bicyclic) bond motifs is 2. The monoisotopic (exact) mass is 520 g/mol. The van der Waals surface area contributed by atoms with Gasteiger partial charge in [-0.1, -0.05) is 0 Å². The van der Waals surface area contributed by atoms with Gasteiger partial charge in [-0.2, -0.15) is 5.10 Å². The number of H-pyrrole nitrogens is 2. The molecule has 1 aliphatic heterocycles. The molecule has 0 aliphatic carbocycles. The Morgan fingerprint density at radius 1 is 0.897 bits per heavy atom. The molecule has 39 heavy (non-hydrogen) atoms. The highest BCUT2D eigenvalue weighted by Crippen LogP contribution is 2.35. The molecule has 0 unspecified atom stereocenters. The number of aromatic nitrogens is 7. The fourth-order valence-electron chi connectivity index (χ4n) is 5.19. The third-order valence-corrected chi connectivity index (χ3v) is 7.12. The van der Waals surface area contributed by atoms with Gasteiger partial charge >= 0.3 is 0 Å². The standard InChI is InChI=1S/C29H25FN8O/c30-20-9-18(10-21(11-20)39-8-7-38-5-1-2-6-38)23-15-31-16-27-22(23)12-26(34-27)29-28-25(36-37-29)4-3-24(35-28)19-13-32-17-33-14-19/h3-4,9-17,34H,1-2,5-8H2,(H,36,37). The van der Waals surface area contributed by atoms with Gasteiger partial charge in [0.05, 0.1) is 28.6 Å². The van der Waals surface area contributed by atoms with Crippen molar-refractivity contribution in [2.45, 2.75) is 12.8 Å². The summed E-state index contributed by atoms with van der Waals surface area (Å²) in [6, 6.07) is 10.7. The minimum Gasteiger partial charge on any atom is -0.492 e. The first kappa shape index (κ1) is 23.4. The summed E-state index contributed by atoms with van der Waals surface area (Å²) in [7, 11) is 0. The molecule has 2 N–H and O–H groups in total. The molecule has 7 rings (SSSR count). The number of rotatable bonds is 7. The average Bonchev–Trinajstić information content (AvgIpc) is 3.72. The van der Waals surface area contributed by atoms with E-state index in [4.69, 9.17) is 9.72 Å². The lowest BCUT2D eigenvalue weighted by atomic mass is 10.0. The largest absolute Gasteiger partial charge is 0.492 e. The zero-order valence-electron chi connectivity index (χ0n) is 21.1. The first-order valence-corrected chi connectivity index (χ1v) is 12.9. The molecule has 6 heterocycles. The summed E-state index contributed by atoms with van der Waals surface area (Å²) in [4.78, 5) is 23.2. The van der Waals surface area contributed by atoms with Gasteiger partial charge in [0.25, 0.3) is 0 Å². The van der Waals surface area contributed by atoms with Crippen LogP contribution in [-0.4, -0.2) is 66.3 Å². The van der Waals surface area contributed by atoms with Gasteiger partial charge in [-0.3, -0.25) is 15.0 Å². The number of hydrogen-bond donors (Lipinski definition) is 2. The Balaban J connectivity index is 1.23.